The highest BCUT2D eigenvalue weighted by atomic mass is 35.5. The van der Waals surface area contributed by atoms with E-state index in [9.17, 15) is 14.0 Å². The molecule has 0 saturated carbocycles. The van der Waals surface area contributed by atoms with Gasteiger partial charge in [0.05, 0.1) is 10.7 Å². The van der Waals surface area contributed by atoms with Crippen LogP contribution in [0, 0.1) is 5.82 Å². The first-order valence-corrected chi connectivity index (χ1v) is 8.40. The predicted molar refractivity (Wildman–Crippen MR) is 97.1 cm³/mol. The number of halogens is 3. The van der Waals surface area contributed by atoms with E-state index in [0.717, 1.165) is 0 Å². The molecule has 0 aliphatic heterocycles. The van der Waals surface area contributed by atoms with Crippen molar-refractivity contribution >= 4 is 40.8 Å². The van der Waals surface area contributed by atoms with Gasteiger partial charge in [0.15, 0.2) is 12.2 Å². The maximum absolute atomic E-state index is 12.9. The van der Waals surface area contributed by atoms with Crippen LogP contribution in [-0.4, -0.2) is 24.1 Å². The highest BCUT2D eigenvalue weighted by Crippen LogP contribution is 2.25. The minimum atomic E-state index is -1.08. The number of hydrogen-bond donors (Lipinski definition) is 1. The van der Waals surface area contributed by atoms with Gasteiger partial charge in [-0.3, -0.25) is 4.79 Å². The number of rotatable bonds is 6. The molecule has 2 atom stereocenters. The lowest BCUT2D eigenvalue weighted by Gasteiger charge is -2.18. The molecule has 138 valence electrons. The van der Waals surface area contributed by atoms with Gasteiger partial charge in [-0.05, 0) is 56.3 Å². The molecule has 0 aromatic heterocycles. The summed E-state index contributed by atoms with van der Waals surface area (Å²) >= 11 is 11.8. The number of esters is 1. The van der Waals surface area contributed by atoms with Gasteiger partial charge in [-0.2, -0.15) is 0 Å². The van der Waals surface area contributed by atoms with Crippen LogP contribution in [0.25, 0.3) is 0 Å². The van der Waals surface area contributed by atoms with Crippen LogP contribution in [0.5, 0.6) is 5.75 Å². The van der Waals surface area contributed by atoms with Crippen molar-refractivity contribution in [2.45, 2.75) is 26.1 Å². The number of carbonyl (C=O) groups is 2. The molecule has 0 bridgehead atoms. The van der Waals surface area contributed by atoms with E-state index in [1.807, 2.05) is 0 Å². The number of carbonyl (C=O) groups excluding carboxylic acids is 2. The summed E-state index contributed by atoms with van der Waals surface area (Å²) in [5.41, 5.74) is 0.347. The molecule has 1 amide bonds. The molecule has 0 aliphatic rings. The molecular formula is C18H16Cl2FNO4. The largest absolute Gasteiger partial charge is 0.479 e. The van der Waals surface area contributed by atoms with E-state index in [4.69, 9.17) is 32.7 Å². The summed E-state index contributed by atoms with van der Waals surface area (Å²) < 4.78 is 23.3. The van der Waals surface area contributed by atoms with Crippen molar-refractivity contribution in [2.75, 3.05) is 5.32 Å². The molecule has 2 aromatic rings. The van der Waals surface area contributed by atoms with Crippen molar-refractivity contribution in [3.63, 3.8) is 0 Å². The van der Waals surface area contributed by atoms with Crippen molar-refractivity contribution in [3.8, 4) is 5.75 Å². The zero-order chi connectivity index (χ0) is 19.3. The smallest absolute Gasteiger partial charge is 0.347 e. The lowest BCUT2D eigenvalue weighted by Crippen LogP contribution is -2.35. The van der Waals surface area contributed by atoms with E-state index in [1.54, 1.807) is 6.07 Å². The summed E-state index contributed by atoms with van der Waals surface area (Å²) in [5.74, 6) is -1.41. The molecule has 0 heterocycles. The highest BCUT2D eigenvalue weighted by molar-refractivity contribution is 6.36. The molecule has 0 aliphatic carbocycles. The maximum Gasteiger partial charge on any atom is 0.347 e. The predicted octanol–water partition coefficient (Wildman–Crippen LogP) is 4.47. The Hall–Kier alpha value is -2.31. The molecular weight excluding hydrogens is 384 g/mol. The minimum absolute atomic E-state index is 0.261. The topological polar surface area (TPSA) is 64.6 Å². The second-order valence-corrected chi connectivity index (χ2v) is 6.25. The lowest BCUT2D eigenvalue weighted by molar-refractivity contribution is -0.159. The van der Waals surface area contributed by atoms with E-state index < -0.39 is 29.9 Å². The Kier molecular flexibility index (Phi) is 6.83. The fourth-order valence-corrected chi connectivity index (χ4v) is 2.37. The molecule has 0 fully saturated rings. The zero-order valence-corrected chi connectivity index (χ0v) is 15.5. The molecule has 1 N–H and O–H groups in total. The first kappa shape index (κ1) is 20.0. The van der Waals surface area contributed by atoms with Gasteiger partial charge in [-0.25, -0.2) is 9.18 Å². The van der Waals surface area contributed by atoms with Gasteiger partial charge >= 0.3 is 5.97 Å². The van der Waals surface area contributed by atoms with Crippen LogP contribution >= 0.6 is 23.2 Å². The fraction of sp³-hybridized carbons (Fsp3) is 0.222. The van der Waals surface area contributed by atoms with Gasteiger partial charge in [0.25, 0.3) is 5.91 Å². The van der Waals surface area contributed by atoms with Crippen molar-refractivity contribution in [1.29, 1.82) is 0 Å². The summed E-state index contributed by atoms with van der Waals surface area (Å²) in [7, 11) is 0. The average molecular weight is 400 g/mol. The SMILES string of the molecule is C[C@H](OC(=O)[C@H](C)Oc1ccc(F)cc1)C(=O)Nc1ccc(Cl)cc1Cl. The van der Waals surface area contributed by atoms with E-state index in [-0.39, 0.29) is 5.02 Å². The van der Waals surface area contributed by atoms with Crippen LogP contribution in [0.1, 0.15) is 13.8 Å². The first-order chi connectivity index (χ1) is 12.3. The van der Waals surface area contributed by atoms with Crippen molar-refractivity contribution in [3.05, 3.63) is 58.3 Å². The fourth-order valence-electron chi connectivity index (χ4n) is 1.91. The van der Waals surface area contributed by atoms with Crippen LogP contribution < -0.4 is 10.1 Å². The summed E-state index contributed by atoms with van der Waals surface area (Å²) in [6, 6.07) is 9.78. The van der Waals surface area contributed by atoms with Gasteiger partial charge in [0.1, 0.15) is 11.6 Å². The van der Waals surface area contributed by atoms with Crippen LogP contribution in [0.3, 0.4) is 0 Å². The molecule has 0 saturated heterocycles. The summed E-state index contributed by atoms with van der Waals surface area (Å²) in [6.07, 6.45) is -2.05. The van der Waals surface area contributed by atoms with Crippen LogP contribution in [0.4, 0.5) is 10.1 Å². The Balaban J connectivity index is 1.90. The third-order valence-corrected chi connectivity index (χ3v) is 3.86. The van der Waals surface area contributed by atoms with E-state index >= 15 is 0 Å². The highest BCUT2D eigenvalue weighted by Gasteiger charge is 2.23. The molecule has 2 aromatic carbocycles. The maximum atomic E-state index is 12.9. The van der Waals surface area contributed by atoms with Gasteiger partial charge in [-0.1, -0.05) is 23.2 Å². The molecule has 0 unspecified atom stereocenters. The number of anilines is 1. The third-order valence-electron chi connectivity index (χ3n) is 3.31. The monoisotopic (exact) mass is 399 g/mol. The molecule has 5 nitrogen and oxygen atoms in total. The van der Waals surface area contributed by atoms with Crippen LogP contribution in [0.15, 0.2) is 42.5 Å². The van der Waals surface area contributed by atoms with Gasteiger partial charge in [0.2, 0.25) is 0 Å². The molecule has 26 heavy (non-hydrogen) atoms. The van der Waals surface area contributed by atoms with Crippen molar-refractivity contribution < 1.29 is 23.5 Å². The Morgan fingerprint density at radius 1 is 1.04 bits per heavy atom. The van der Waals surface area contributed by atoms with E-state index in [2.05, 4.69) is 5.32 Å². The molecule has 8 heteroatoms. The molecule has 2 rings (SSSR count). The number of benzene rings is 2. The molecule has 0 spiro atoms. The van der Waals surface area contributed by atoms with Gasteiger partial charge in [-0.15, -0.1) is 0 Å². The second kappa shape index (κ2) is 8.87. The third kappa shape index (κ3) is 5.61. The Labute approximate surface area is 160 Å². The Morgan fingerprint density at radius 2 is 1.69 bits per heavy atom. The van der Waals surface area contributed by atoms with Gasteiger partial charge < -0.3 is 14.8 Å². The Morgan fingerprint density at radius 3 is 2.31 bits per heavy atom. The lowest BCUT2D eigenvalue weighted by atomic mass is 10.3. The van der Waals surface area contributed by atoms with Gasteiger partial charge in [0, 0.05) is 5.02 Å². The normalized spacial score (nSPS) is 12.8. The quantitative estimate of drug-likeness (QED) is 0.727. The first-order valence-electron chi connectivity index (χ1n) is 7.65. The summed E-state index contributed by atoms with van der Waals surface area (Å²) in [6.45, 7) is 2.88. The molecule has 0 radical (unpaired) electrons. The number of hydrogen-bond acceptors (Lipinski definition) is 4. The van der Waals surface area contributed by atoms with Crippen molar-refractivity contribution in [1.82, 2.24) is 0 Å². The summed E-state index contributed by atoms with van der Waals surface area (Å²) in [4.78, 5) is 24.2. The number of amides is 1. The van der Waals surface area contributed by atoms with Crippen LogP contribution in [0.2, 0.25) is 10.0 Å². The van der Waals surface area contributed by atoms with Crippen molar-refractivity contribution in [2.24, 2.45) is 0 Å². The summed E-state index contributed by atoms with van der Waals surface area (Å²) in [5, 5.41) is 3.24. The van der Waals surface area contributed by atoms with E-state index in [0.29, 0.717) is 16.5 Å². The zero-order valence-electron chi connectivity index (χ0n) is 14.0. The second-order valence-electron chi connectivity index (χ2n) is 5.41. The minimum Gasteiger partial charge on any atom is -0.479 e. The van der Waals surface area contributed by atoms with Crippen LogP contribution in [-0.2, 0) is 14.3 Å². The standard InChI is InChI=1S/C18H16Cl2FNO4/c1-10(17(23)22-16-8-3-12(19)9-15(16)20)26-18(24)11(2)25-14-6-4-13(21)5-7-14/h3-11H,1-2H3,(H,22,23)/t10-,11-/m0/s1. The van der Waals surface area contributed by atoms with E-state index in [1.165, 1.54) is 50.2 Å². The number of nitrogens with one attached hydrogen (secondary N) is 1. The number of ether oxygens (including phenoxy) is 2. The Bertz CT molecular complexity index is 798. The average Bonchev–Trinajstić information content (AvgIpc) is 2.59.